The Bertz CT molecular complexity index is 590. The predicted octanol–water partition coefficient (Wildman–Crippen LogP) is 2.29. The summed E-state index contributed by atoms with van der Waals surface area (Å²) in [5.41, 5.74) is -0.103. The highest BCUT2D eigenvalue weighted by molar-refractivity contribution is 5.82. The Kier molecular flexibility index (Phi) is 4.58. The zero-order chi connectivity index (χ0) is 13.7. The molecule has 0 aliphatic carbocycles. The van der Waals surface area contributed by atoms with E-state index in [0.29, 0.717) is 23.9 Å². The summed E-state index contributed by atoms with van der Waals surface area (Å²) in [6.45, 7) is 5.73. The summed E-state index contributed by atoms with van der Waals surface area (Å²) in [6.07, 6.45) is 0.910. The fraction of sp³-hybridized carbons (Fsp3) is 0.400. The van der Waals surface area contributed by atoms with E-state index in [1.807, 2.05) is 30.3 Å². The van der Waals surface area contributed by atoms with E-state index < -0.39 is 0 Å². The summed E-state index contributed by atoms with van der Waals surface area (Å²) in [5, 5.41) is 4.92. The second kappa shape index (κ2) is 6.38. The van der Waals surface area contributed by atoms with Crippen molar-refractivity contribution in [3.63, 3.8) is 0 Å². The second-order valence-electron chi connectivity index (χ2n) is 4.86. The molecule has 0 spiro atoms. The molecule has 0 aliphatic rings. The van der Waals surface area contributed by atoms with E-state index in [0.717, 1.165) is 18.4 Å². The largest absolute Gasteiger partial charge is 0.479 e. The van der Waals surface area contributed by atoms with Crippen LogP contribution >= 0.6 is 0 Å². The molecule has 0 radical (unpaired) electrons. The smallest absolute Gasteiger partial charge is 0.258 e. The Labute approximate surface area is 112 Å². The van der Waals surface area contributed by atoms with Gasteiger partial charge in [0, 0.05) is 17.5 Å². The monoisotopic (exact) mass is 260 g/mol. The average Bonchev–Trinajstić information content (AvgIpc) is 2.38. The summed E-state index contributed by atoms with van der Waals surface area (Å²) in [6, 6.07) is 9.85. The highest BCUT2D eigenvalue weighted by atomic mass is 16.5. The van der Waals surface area contributed by atoms with E-state index >= 15 is 0 Å². The summed E-state index contributed by atoms with van der Waals surface area (Å²) >= 11 is 0. The van der Waals surface area contributed by atoms with Crippen molar-refractivity contribution < 1.29 is 4.74 Å². The number of aromatic amines is 1. The van der Waals surface area contributed by atoms with Gasteiger partial charge in [0.2, 0.25) is 0 Å². The number of pyridine rings is 1. The quantitative estimate of drug-likeness (QED) is 0.784. The molecular weight excluding hydrogens is 240 g/mol. The van der Waals surface area contributed by atoms with Gasteiger partial charge in [0.1, 0.15) is 0 Å². The molecule has 0 unspecified atom stereocenters. The van der Waals surface area contributed by atoms with E-state index in [9.17, 15) is 4.79 Å². The minimum atomic E-state index is -0.103. The molecule has 1 aromatic heterocycles. The van der Waals surface area contributed by atoms with E-state index in [4.69, 9.17) is 4.74 Å². The number of H-pyrrole nitrogens is 1. The molecule has 1 aromatic carbocycles. The molecule has 2 aromatic rings. The molecule has 0 atom stereocenters. The molecule has 4 nitrogen and oxygen atoms in total. The molecule has 2 rings (SSSR count). The van der Waals surface area contributed by atoms with Gasteiger partial charge in [0.15, 0.2) is 5.88 Å². The normalized spacial score (nSPS) is 11.1. The highest BCUT2D eigenvalue weighted by Crippen LogP contribution is 2.14. The maximum absolute atomic E-state index is 11.8. The van der Waals surface area contributed by atoms with Crippen molar-refractivity contribution in [2.45, 2.75) is 26.3 Å². The first-order valence-electron chi connectivity index (χ1n) is 6.65. The molecule has 1 heterocycles. The summed E-state index contributed by atoms with van der Waals surface area (Å²) in [5.74, 6) is 0.535. The Morgan fingerprint density at radius 2 is 2.11 bits per heavy atom. The first-order chi connectivity index (χ1) is 9.16. The molecule has 4 heteroatoms. The molecular formula is C15H20N2O2. The third kappa shape index (κ3) is 3.83. The summed E-state index contributed by atoms with van der Waals surface area (Å²) < 4.78 is 5.58. The van der Waals surface area contributed by atoms with E-state index in [1.165, 1.54) is 0 Å². The van der Waals surface area contributed by atoms with Crippen molar-refractivity contribution >= 4 is 10.8 Å². The lowest BCUT2D eigenvalue weighted by molar-refractivity contribution is 0.295. The maximum atomic E-state index is 11.8. The average molecular weight is 260 g/mol. The van der Waals surface area contributed by atoms with Gasteiger partial charge < -0.3 is 10.1 Å². The molecule has 19 heavy (non-hydrogen) atoms. The van der Waals surface area contributed by atoms with Gasteiger partial charge in [-0.2, -0.15) is 0 Å². The third-order valence-electron chi connectivity index (χ3n) is 2.86. The maximum Gasteiger partial charge on any atom is 0.258 e. The molecule has 0 amide bonds. The van der Waals surface area contributed by atoms with Crippen molar-refractivity contribution in [2.75, 3.05) is 13.2 Å². The van der Waals surface area contributed by atoms with Crippen LogP contribution in [0.5, 0.6) is 5.88 Å². The highest BCUT2D eigenvalue weighted by Gasteiger charge is 2.02. The Balaban J connectivity index is 1.96. The number of rotatable bonds is 6. The number of aromatic nitrogens is 1. The molecule has 0 saturated heterocycles. The number of benzene rings is 1. The van der Waals surface area contributed by atoms with Gasteiger partial charge >= 0.3 is 0 Å². The molecule has 0 fully saturated rings. The molecule has 0 saturated carbocycles. The topological polar surface area (TPSA) is 54.1 Å². The van der Waals surface area contributed by atoms with Gasteiger partial charge in [-0.25, -0.2) is 0 Å². The van der Waals surface area contributed by atoms with Gasteiger partial charge in [-0.05, 0) is 24.4 Å². The third-order valence-corrected chi connectivity index (χ3v) is 2.86. The van der Waals surface area contributed by atoms with Gasteiger partial charge in [-0.15, -0.1) is 0 Å². The van der Waals surface area contributed by atoms with Crippen LogP contribution < -0.4 is 15.6 Å². The van der Waals surface area contributed by atoms with Gasteiger partial charge in [-0.1, -0.05) is 32.0 Å². The van der Waals surface area contributed by atoms with Crippen molar-refractivity contribution in [1.29, 1.82) is 0 Å². The zero-order valence-corrected chi connectivity index (χ0v) is 11.4. The van der Waals surface area contributed by atoms with Crippen LogP contribution in [-0.4, -0.2) is 24.2 Å². The number of hydrogen-bond acceptors (Lipinski definition) is 3. The SMILES string of the molecule is CC(C)NCCCOc1cc2ccccc2c(=O)[nH]1. The van der Waals surface area contributed by atoms with Crippen molar-refractivity contribution in [3.05, 3.63) is 40.7 Å². The lowest BCUT2D eigenvalue weighted by Crippen LogP contribution is -2.25. The molecule has 102 valence electrons. The molecule has 2 N–H and O–H groups in total. The van der Waals surface area contributed by atoms with Crippen molar-refractivity contribution in [2.24, 2.45) is 0 Å². The molecule has 0 bridgehead atoms. The summed E-state index contributed by atoms with van der Waals surface area (Å²) in [7, 11) is 0. The minimum Gasteiger partial charge on any atom is -0.479 e. The number of hydrogen-bond donors (Lipinski definition) is 2. The fourth-order valence-corrected chi connectivity index (χ4v) is 1.91. The van der Waals surface area contributed by atoms with Crippen LogP contribution in [0, 0.1) is 0 Å². The van der Waals surface area contributed by atoms with Gasteiger partial charge in [0.25, 0.3) is 5.56 Å². The first kappa shape index (κ1) is 13.6. The van der Waals surface area contributed by atoms with Crippen LogP contribution in [0.15, 0.2) is 35.1 Å². The van der Waals surface area contributed by atoms with Gasteiger partial charge in [0.05, 0.1) is 6.61 Å². The Morgan fingerprint density at radius 1 is 1.32 bits per heavy atom. The van der Waals surface area contributed by atoms with Crippen LogP contribution in [0.4, 0.5) is 0 Å². The Morgan fingerprint density at radius 3 is 2.89 bits per heavy atom. The standard InChI is InChI=1S/C15H20N2O2/c1-11(2)16-8-5-9-19-14-10-12-6-3-4-7-13(12)15(18)17-14/h3-4,6-7,10-11,16H,5,8-9H2,1-2H3,(H,17,18). The first-order valence-corrected chi connectivity index (χ1v) is 6.65. The number of ether oxygens (including phenoxy) is 1. The predicted molar refractivity (Wildman–Crippen MR) is 77.8 cm³/mol. The van der Waals surface area contributed by atoms with E-state index in [2.05, 4.69) is 24.1 Å². The van der Waals surface area contributed by atoms with Crippen LogP contribution in [-0.2, 0) is 0 Å². The fourth-order valence-electron chi connectivity index (χ4n) is 1.91. The van der Waals surface area contributed by atoms with Gasteiger partial charge in [-0.3, -0.25) is 9.78 Å². The minimum absolute atomic E-state index is 0.103. The van der Waals surface area contributed by atoms with Crippen LogP contribution in [0.3, 0.4) is 0 Å². The van der Waals surface area contributed by atoms with Crippen LogP contribution in [0.25, 0.3) is 10.8 Å². The van der Waals surface area contributed by atoms with E-state index in [1.54, 1.807) is 0 Å². The van der Waals surface area contributed by atoms with E-state index in [-0.39, 0.29) is 5.56 Å². The van der Waals surface area contributed by atoms with Crippen LogP contribution in [0.2, 0.25) is 0 Å². The van der Waals surface area contributed by atoms with Crippen molar-refractivity contribution in [1.82, 2.24) is 10.3 Å². The second-order valence-corrected chi connectivity index (χ2v) is 4.86. The summed E-state index contributed by atoms with van der Waals surface area (Å²) in [4.78, 5) is 14.6. The zero-order valence-electron chi connectivity index (χ0n) is 11.4. The Hall–Kier alpha value is -1.81. The lowest BCUT2D eigenvalue weighted by Gasteiger charge is -2.09. The lowest BCUT2D eigenvalue weighted by atomic mass is 10.2. The number of nitrogens with one attached hydrogen (secondary N) is 2. The molecule has 0 aliphatic heterocycles. The number of fused-ring (bicyclic) bond motifs is 1. The van der Waals surface area contributed by atoms with Crippen LogP contribution in [0.1, 0.15) is 20.3 Å². The van der Waals surface area contributed by atoms with Crippen molar-refractivity contribution in [3.8, 4) is 5.88 Å².